The Balaban J connectivity index is 1.48. The molecule has 178 valence electrons. The Hall–Kier alpha value is -3.26. The first-order valence-corrected chi connectivity index (χ1v) is 12.2. The lowest BCUT2D eigenvalue weighted by atomic mass is 10.2. The summed E-state index contributed by atoms with van der Waals surface area (Å²) in [6.45, 7) is 2.70. The summed E-state index contributed by atoms with van der Waals surface area (Å²) in [5.41, 5.74) is 2.10. The van der Waals surface area contributed by atoms with Crippen molar-refractivity contribution in [3.8, 4) is 11.5 Å². The molecule has 2 amide bonds. The average Bonchev–Trinajstić information content (AvgIpc) is 3.18. The molecule has 1 aliphatic heterocycles. The highest BCUT2D eigenvalue weighted by Gasteiger charge is 2.25. The number of benzene rings is 3. The Morgan fingerprint density at radius 3 is 2.34 bits per heavy atom. The van der Waals surface area contributed by atoms with Crippen molar-refractivity contribution in [2.24, 2.45) is 4.99 Å². The predicted molar refractivity (Wildman–Crippen MR) is 140 cm³/mol. The van der Waals surface area contributed by atoms with E-state index < -0.39 is 5.91 Å². The molecule has 0 aromatic heterocycles. The average molecular weight is 527 g/mol. The van der Waals surface area contributed by atoms with Crippen molar-refractivity contribution in [1.29, 1.82) is 0 Å². The van der Waals surface area contributed by atoms with E-state index in [1.165, 1.54) is 0 Å². The summed E-state index contributed by atoms with van der Waals surface area (Å²) in [5.74, 6) is 0.347. The molecule has 35 heavy (non-hydrogen) atoms. The zero-order valence-electron chi connectivity index (χ0n) is 18.6. The van der Waals surface area contributed by atoms with Crippen LogP contribution in [0.5, 0.6) is 11.5 Å². The molecule has 0 radical (unpaired) electrons. The first kappa shape index (κ1) is 24.9. The molecular formula is C26H20Cl2N2O4S. The lowest BCUT2D eigenvalue weighted by Gasteiger charge is -2.13. The van der Waals surface area contributed by atoms with Gasteiger partial charge in [-0.1, -0.05) is 41.4 Å². The molecule has 0 aliphatic carbocycles. The topological polar surface area (TPSA) is 77.0 Å². The minimum atomic E-state index is -0.466. The highest BCUT2D eigenvalue weighted by Crippen LogP contribution is 2.32. The molecule has 6 nitrogen and oxygen atoms in total. The van der Waals surface area contributed by atoms with Crippen LogP contribution in [0.15, 0.2) is 76.6 Å². The van der Waals surface area contributed by atoms with Gasteiger partial charge in [-0.2, -0.15) is 4.99 Å². The molecule has 1 aliphatic rings. The maximum Gasteiger partial charge on any atom is 0.279 e. The molecule has 3 aromatic carbocycles. The molecule has 0 saturated carbocycles. The van der Waals surface area contributed by atoms with Gasteiger partial charge < -0.3 is 14.8 Å². The molecule has 1 N–H and O–H groups in total. The van der Waals surface area contributed by atoms with E-state index in [4.69, 9.17) is 32.7 Å². The van der Waals surface area contributed by atoms with Gasteiger partial charge >= 0.3 is 0 Å². The number of carbonyl (C=O) groups excluding carboxylic acids is 2. The number of nitrogens with zero attached hydrogens (tertiary/aromatic N) is 1. The summed E-state index contributed by atoms with van der Waals surface area (Å²) in [7, 11) is 0. The third kappa shape index (κ3) is 6.66. The fraction of sp³-hybridized carbons (Fsp3) is 0.115. The number of halogens is 2. The van der Waals surface area contributed by atoms with Crippen molar-refractivity contribution < 1.29 is 19.1 Å². The van der Waals surface area contributed by atoms with Crippen molar-refractivity contribution in [1.82, 2.24) is 5.32 Å². The van der Waals surface area contributed by atoms with Gasteiger partial charge in [0.2, 0.25) is 0 Å². The van der Waals surface area contributed by atoms with Gasteiger partial charge in [-0.15, -0.1) is 0 Å². The molecule has 0 atom stereocenters. The molecule has 0 unspecified atom stereocenters. The maximum atomic E-state index is 12.4. The van der Waals surface area contributed by atoms with Crippen molar-refractivity contribution in [3.63, 3.8) is 0 Å². The molecule has 1 heterocycles. The SMILES string of the molecule is CCOc1cc(/C=C2\SC(=NC(=O)c3ccc(Cl)cc3)NC2=O)ccc1OCc1ccc(Cl)cc1. The van der Waals surface area contributed by atoms with E-state index in [1.54, 1.807) is 42.5 Å². The summed E-state index contributed by atoms with van der Waals surface area (Å²) in [4.78, 5) is 29.2. The lowest BCUT2D eigenvalue weighted by molar-refractivity contribution is -0.115. The van der Waals surface area contributed by atoms with E-state index >= 15 is 0 Å². The van der Waals surface area contributed by atoms with Gasteiger partial charge in [-0.05, 0) is 84.4 Å². The zero-order chi connectivity index (χ0) is 24.8. The van der Waals surface area contributed by atoms with Crippen molar-refractivity contribution in [2.45, 2.75) is 13.5 Å². The van der Waals surface area contributed by atoms with E-state index in [2.05, 4.69) is 10.3 Å². The van der Waals surface area contributed by atoms with Crippen LogP contribution in [0.1, 0.15) is 28.4 Å². The maximum absolute atomic E-state index is 12.4. The van der Waals surface area contributed by atoms with Crippen LogP contribution < -0.4 is 14.8 Å². The smallest absolute Gasteiger partial charge is 0.279 e. The van der Waals surface area contributed by atoms with Crippen LogP contribution in [0, 0.1) is 0 Å². The van der Waals surface area contributed by atoms with Crippen LogP contribution in [0.4, 0.5) is 0 Å². The molecule has 3 aromatic rings. The van der Waals surface area contributed by atoms with Gasteiger partial charge in [-0.3, -0.25) is 9.59 Å². The van der Waals surface area contributed by atoms with E-state index in [9.17, 15) is 9.59 Å². The largest absolute Gasteiger partial charge is 0.490 e. The summed E-state index contributed by atoms with van der Waals surface area (Å²) >= 11 is 12.9. The number of carbonyl (C=O) groups is 2. The summed E-state index contributed by atoms with van der Waals surface area (Å²) < 4.78 is 11.7. The number of nitrogens with one attached hydrogen (secondary N) is 1. The second kappa shape index (κ2) is 11.4. The van der Waals surface area contributed by atoms with Gasteiger partial charge in [-0.25, -0.2) is 0 Å². The minimum Gasteiger partial charge on any atom is -0.490 e. The quantitative estimate of drug-likeness (QED) is 0.362. The highest BCUT2D eigenvalue weighted by molar-refractivity contribution is 8.18. The fourth-order valence-electron chi connectivity index (χ4n) is 3.12. The molecule has 4 rings (SSSR count). The van der Waals surface area contributed by atoms with Crippen LogP contribution in [0.2, 0.25) is 10.0 Å². The molecule has 0 spiro atoms. The van der Waals surface area contributed by atoms with Crippen LogP contribution in [-0.2, 0) is 11.4 Å². The Kier molecular flexibility index (Phi) is 8.13. The predicted octanol–water partition coefficient (Wildman–Crippen LogP) is 6.37. The van der Waals surface area contributed by atoms with E-state index in [0.717, 1.165) is 22.9 Å². The monoisotopic (exact) mass is 526 g/mol. The summed E-state index contributed by atoms with van der Waals surface area (Å²) in [6.07, 6.45) is 1.71. The number of ether oxygens (including phenoxy) is 2. The van der Waals surface area contributed by atoms with Crippen LogP contribution >= 0.6 is 35.0 Å². The van der Waals surface area contributed by atoms with Gasteiger partial charge in [0.05, 0.1) is 11.5 Å². The summed E-state index contributed by atoms with van der Waals surface area (Å²) in [6, 6.07) is 19.2. The number of rotatable bonds is 7. The van der Waals surface area contributed by atoms with Gasteiger partial charge in [0.1, 0.15) is 6.61 Å². The third-order valence-electron chi connectivity index (χ3n) is 4.82. The minimum absolute atomic E-state index is 0.217. The standard InChI is InChI=1S/C26H20Cl2N2O4S/c1-2-33-22-13-17(5-12-21(22)34-15-16-3-8-19(27)9-4-16)14-23-25(32)30-26(35-23)29-24(31)18-6-10-20(28)11-7-18/h3-14H,2,15H2,1H3,(H,29,30,31,32)/b23-14-. The number of thioether (sulfide) groups is 1. The highest BCUT2D eigenvalue weighted by atomic mass is 35.5. The lowest BCUT2D eigenvalue weighted by Crippen LogP contribution is -2.20. The second-order valence-electron chi connectivity index (χ2n) is 7.35. The third-order valence-corrected chi connectivity index (χ3v) is 6.23. The summed E-state index contributed by atoms with van der Waals surface area (Å²) in [5, 5.41) is 4.03. The van der Waals surface area contributed by atoms with E-state index in [1.807, 2.05) is 37.3 Å². The van der Waals surface area contributed by atoms with Gasteiger partial charge in [0.25, 0.3) is 11.8 Å². The van der Waals surface area contributed by atoms with Crippen molar-refractivity contribution >= 4 is 58.0 Å². The molecule has 1 saturated heterocycles. The number of aliphatic imine (C=N–C) groups is 1. The number of hydrogen-bond acceptors (Lipinski definition) is 5. The number of hydrogen-bond donors (Lipinski definition) is 1. The van der Waals surface area contributed by atoms with Crippen LogP contribution in [-0.4, -0.2) is 23.6 Å². The first-order valence-electron chi connectivity index (χ1n) is 10.6. The van der Waals surface area contributed by atoms with E-state index in [0.29, 0.717) is 45.2 Å². The number of amidine groups is 1. The zero-order valence-corrected chi connectivity index (χ0v) is 20.9. The van der Waals surface area contributed by atoms with Crippen molar-refractivity contribution in [2.75, 3.05) is 6.61 Å². The second-order valence-corrected chi connectivity index (χ2v) is 9.25. The Morgan fingerprint density at radius 2 is 1.66 bits per heavy atom. The first-order chi connectivity index (χ1) is 16.9. The van der Waals surface area contributed by atoms with Crippen LogP contribution in [0.25, 0.3) is 6.08 Å². The molecule has 0 bridgehead atoms. The molecule has 1 fully saturated rings. The normalized spacial score (nSPS) is 15.3. The Bertz CT molecular complexity index is 1310. The van der Waals surface area contributed by atoms with E-state index in [-0.39, 0.29) is 11.1 Å². The number of amides is 2. The Morgan fingerprint density at radius 1 is 0.971 bits per heavy atom. The van der Waals surface area contributed by atoms with Crippen molar-refractivity contribution in [3.05, 3.63) is 98.4 Å². The Labute approximate surface area is 216 Å². The van der Waals surface area contributed by atoms with Gasteiger partial charge in [0.15, 0.2) is 16.7 Å². The molecule has 9 heteroatoms. The molecular weight excluding hydrogens is 507 g/mol. The van der Waals surface area contributed by atoms with Gasteiger partial charge in [0, 0.05) is 15.6 Å². The fourth-order valence-corrected chi connectivity index (χ4v) is 4.20. The van der Waals surface area contributed by atoms with Crippen LogP contribution in [0.3, 0.4) is 0 Å².